The van der Waals surface area contributed by atoms with Crippen molar-refractivity contribution in [2.75, 3.05) is 44.2 Å². The van der Waals surface area contributed by atoms with E-state index in [4.69, 9.17) is 0 Å². The maximum absolute atomic E-state index is 12.8. The molecule has 0 aliphatic carbocycles. The summed E-state index contributed by atoms with van der Waals surface area (Å²) in [6.07, 6.45) is -5.94. The quantitative estimate of drug-likeness (QED) is 0.580. The third-order valence-electron chi connectivity index (χ3n) is 6.16. The molecule has 1 aromatic carbocycles. The molecule has 0 N–H and O–H groups in total. The number of piperazine rings is 1. The van der Waals surface area contributed by atoms with Crippen LogP contribution in [0.25, 0.3) is 5.57 Å². The monoisotopic (exact) mass is 512 g/mol. The van der Waals surface area contributed by atoms with E-state index in [0.29, 0.717) is 37.8 Å². The summed E-state index contributed by atoms with van der Waals surface area (Å²) in [4.78, 5) is 33.6. The number of pyridine rings is 1. The van der Waals surface area contributed by atoms with Crippen LogP contribution in [0.4, 0.5) is 32.2 Å². The molecule has 1 aromatic heterocycles. The smallest absolute Gasteiger partial charge is 0.338 e. The lowest BCUT2D eigenvalue weighted by atomic mass is 9.98. The fourth-order valence-electron chi connectivity index (χ4n) is 4.13. The highest BCUT2D eigenvalue weighted by molar-refractivity contribution is 5.95. The Morgan fingerprint density at radius 2 is 1.56 bits per heavy atom. The highest BCUT2D eigenvalue weighted by Crippen LogP contribution is 2.31. The Morgan fingerprint density at radius 1 is 0.889 bits per heavy atom. The zero-order chi connectivity index (χ0) is 26.1. The Labute approximate surface area is 202 Å². The Hall–Kier alpha value is -3.41. The van der Waals surface area contributed by atoms with E-state index in [9.17, 15) is 35.9 Å². The van der Waals surface area contributed by atoms with E-state index in [0.717, 1.165) is 29.8 Å². The summed E-state index contributed by atoms with van der Waals surface area (Å²) in [6, 6.07) is 6.92. The summed E-state index contributed by atoms with van der Waals surface area (Å²) >= 11 is 0. The summed E-state index contributed by atoms with van der Waals surface area (Å²) < 4.78 is 76.4. The molecule has 0 spiro atoms. The molecule has 2 aromatic rings. The molecule has 4 rings (SSSR count). The first-order valence-electron chi connectivity index (χ1n) is 11.1. The molecule has 2 aliphatic heterocycles. The molecule has 36 heavy (non-hydrogen) atoms. The second kappa shape index (κ2) is 9.92. The first-order valence-corrected chi connectivity index (χ1v) is 11.1. The molecule has 0 bridgehead atoms. The Morgan fingerprint density at radius 3 is 2.08 bits per heavy atom. The summed E-state index contributed by atoms with van der Waals surface area (Å²) in [5.74, 6) is -0.438. The van der Waals surface area contributed by atoms with Crippen molar-refractivity contribution in [3.8, 4) is 0 Å². The number of rotatable bonds is 4. The van der Waals surface area contributed by atoms with Crippen LogP contribution in [0.5, 0.6) is 0 Å². The van der Waals surface area contributed by atoms with E-state index in [1.807, 2.05) is 6.08 Å². The number of hydrogen-bond acceptors (Lipinski definition) is 4. The van der Waals surface area contributed by atoms with Gasteiger partial charge >= 0.3 is 12.4 Å². The molecule has 2 aliphatic rings. The third-order valence-corrected chi connectivity index (χ3v) is 6.16. The van der Waals surface area contributed by atoms with Crippen LogP contribution in [0.1, 0.15) is 23.1 Å². The standard InChI is InChI=1S/C24H22F6N4O2/c25-23(26,27)18-3-1-16(2-4-18)17-7-9-33(10-8-17)21(35)14-32-11-12-34(22(36)15-32)20-6-5-19(13-31-20)24(28,29)30/h1-7,13H,8-12,14-15H2. The number of amides is 2. The predicted molar refractivity (Wildman–Crippen MR) is 119 cm³/mol. The molecule has 0 radical (unpaired) electrons. The van der Waals surface area contributed by atoms with Gasteiger partial charge in [0.05, 0.1) is 24.2 Å². The van der Waals surface area contributed by atoms with E-state index in [-0.39, 0.29) is 37.3 Å². The van der Waals surface area contributed by atoms with Crippen LogP contribution in [0.3, 0.4) is 0 Å². The predicted octanol–water partition coefficient (Wildman–Crippen LogP) is 4.08. The van der Waals surface area contributed by atoms with Gasteiger partial charge in [-0.15, -0.1) is 0 Å². The van der Waals surface area contributed by atoms with E-state index < -0.39 is 23.5 Å². The lowest BCUT2D eigenvalue weighted by molar-refractivity contribution is -0.138. The third kappa shape index (κ3) is 5.86. The summed E-state index contributed by atoms with van der Waals surface area (Å²) in [5, 5.41) is 0. The van der Waals surface area contributed by atoms with Crippen molar-refractivity contribution in [2.45, 2.75) is 18.8 Å². The zero-order valence-corrected chi connectivity index (χ0v) is 18.9. The van der Waals surface area contributed by atoms with Crippen molar-refractivity contribution in [3.05, 3.63) is 65.4 Å². The van der Waals surface area contributed by atoms with Crippen molar-refractivity contribution in [1.82, 2.24) is 14.8 Å². The molecular formula is C24H22F6N4O2. The minimum atomic E-state index is -4.52. The van der Waals surface area contributed by atoms with E-state index >= 15 is 0 Å². The van der Waals surface area contributed by atoms with Crippen LogP contribution in [0.15, 0.2) is 48.7 Å². The lowest BCUT2D eigenvalue weighted by Gasteiger charge is -2.35. The van der Waals surface area contributed by atoms with Crippen LogP contribution in [0, 0.1) is 0 Å². The number of halogens is 6. The van der Waals surface area contributed by atoms with Gasteiger partial charge < -0.3 is 4.90 Å². The molecule has 0 saturated carbocycles. The van der Waals surface area contributed by atoms with Gasteiger partial charge in [0, 0.05) is 32.4 Å². The molecule has 2 amide bonds. The van der Waals surface area contributed by atoms with Crippen molar-refractivity contribution >= 4 is 23.2 Å². The number of aromatic nitrogens is 1. The molecular weight excluding hydrogens is 490 g/mol. The van der Waals surface area contributed by atoms with Crippen molar-refractivity contribution in [1.29, 1.82) is 0 Å². The average Bonchev–Trinajstić information content (AvgIpc) is 2.83. The number of benzene rings is 1. The van der Waals surface area contributed by atoms with Crippen LogP contribution < -0.4 is 4.90 Å². The summed E-state index contributed by atoms with van der Waals surface area (Å²) in [6.45, 7) is 1.16. The second-order valence-electron chi connectivity index (χ2n) is 8.55. The van der Waals surface area contributed by atoms with Gasteiger partial charge in [0.25, 0.3) is 0 Å². The average molecular weight is 512 g/mol. The lowest BCUT2D eigenvalue weighted by Crippen LogP contribution is -2.53. The highest BCUT2D eigenvalue weighted by atomic mass is 19.4. The molecule has 1 fully saturated rings. The van der Waals surface area contributed by atoms with Crippen LogP contribution in [-0.2, 0) is 21.9 Å². The highest BCUT2D eigenvalue weighted by Gasteiger charge is 2.33. The maximum Gasteiger partial charge on any atom is 0.417 e. The number of carbonyl (C=O) groups excluding carboxylic acids is 2. The van der Waals surface area contributed by atoms with Crippen molar-refractivity contribution in [3.63, 3.8) is 0 Å². The molecule has 12 heteroatoms. The molecule has 3 heterocycles. The molecule has 1 saturated heterocycles. The fourth-order valence-corrected chi connectivity index (χ4v) is 4.13. The summed E-state index contributed by atoms with van der Waals surface area (Å²) in [7, 11) is 0. The summed E-state index contributed by atoms with van der Waals surface area (Å²) in [5.41, 5.74) is -0.0856. The molecule has 0 unspecified atom stereocenters. The van der Waals surface area contributed by atoms with E-state index in [1.54, 1.807) is 9.80 Å². The zero-order valence-electron chi connectivity index (χ0n) is 18.9. The SMILES string of the molecule is O=C(CN1CCN(c2ccc(C(F)(F)F)cn2)C(=O)C1)N1CC=C(c2ccc(C(F)(F)F)cc2)CC1. The van der Waals surface area contributed by atoms with Gasteiger partial charge in [-0.05, 0) is 41.8 Å². The fraction of sp³-hybridized carbons (Fsp3) is 0.375. The molecule has 0 atom stereocenters. The normalized spacial score (nSPS) is 17.8. The Kier molecular flexibility index (Phi) is 7.07. The maximum atomic E-state index is 12.8. The minimum Gasteiger partial charge on any atom is -0.338 e. The number of hydrogen-bond donors (Lipinski definition) is 0. The van der Waals surface area contributed by atoms with Crippen LogP contribution >= 0.6 is 0 Å². The Bertz CT molecular complexity index is 1140. The van der Waals surface area contributed by atoms with Crippen LogP contribution in [0.2, 0.25) is 0 Å². The molecule has 6 nitrogen and oxygen atoms in total. The van der Waals surface area contributed by atoms with Crippen molar-refractivity contribution in [2.24, 2.45) is 0 Å². The van der Waals surface area contributed by atoms with Gasteiger partial charge in [-0.2, -0.15) is 26.3 Å². The van der Waals surface area contributed by atoms with Crippen molar-refractivity contribution < 1.29 is 35.9 Å². The number of nitrogens with zero attached hydrogens (tertiary/aromatic N) is 4. The first kappa shape index (κ1) is 25.7. The van der Waals surface area contributed by atoms with Gasteiger partial charge in [-0.25, -0.2) is 4.98 Å². The van der Waals surface area contributed by atoms with Gasteiger partial charge in [0.1, 0.15) is 5.82 Å². The van der Waals surface area contributed by atoms with E-state index in [2.05, 4.69) is 4.98 Å². The van der Waals surface area contributed by atoms with Gasteiger partial charge in [-0.1, -0.05) is 18.2 Å². The topological polar surface area (TPSA) is 56.8 Å². The Balaban J connectivity index is 1.29. The number of anilines is 1. The van der Waals surface area contributed by atoms with Crippen LogP contribution in [-0.4, -0.2) is 65.9 Å². The van der Waals surface area contributed by atoms with E-state index in [1.165, 1.54) is 17.0 Å². The molecule has 192 valence electrons. The van der Waals surface area contributed by atoms with Gasteiger partial charge in [0.15, 0.2) is 0 Å². The van der Waals surface area contributed by atoms with Gasteiger partial charge in [0.2, 0.25) is 11.8 Å². The first-order chi connectivity index (χ1) is 16.9. The van der Waals surface area contributed by atoms with Gasteiger partial charge in [-0.3, -0.25) is 19.4 Å². The second-order valence-corrected chi connectivity index (χ2v) is 8.55. The largest absolute Gasteiger partial charge is 0.417 e. The number of carbonyl (C=O) groups is 2. The number of alkyl halides is 6. The minimum absolute atomic E-state index is 0.00345.